The van der Waals surface area contributed by atoms with Gasteiger partial charge in [0, 0.05) is 12.6 Å². The van der Waals surface area contributed by atoms with Crippen molar-refractivity contribution in [3.63, 3.8) is 0 Å². The highest BCUT2D eigenvalue weighted by molar-refractivity contribution is 5.75. The Morgan fingerprint density at radius 2 is 1.80 bits per heavy atom. The van der Waals surface area contributed by atoms with Gasteiger partial charge >= 0.3 is 0 Å². The molecule has 154 valence electrons. The molecule has 3 N–H and O–H groups in total. The zero-order chi connectivity index (χ0) is 20.9. The van der Waals surface area contributed by atoms with Crippen LogP contribution >= 0.6 is 0 Å². The van der Waals surface area contributed by atoms with E-state index in [1.165, 1.54) is 0 Å². The van der Waals surface area contributed by atoms with Crippen LogP contribution in [-0.4, -0.2) is 32.7 Å². The average molecular weight is 403 g/mol. The van der Waals surface area contributed by atoms with E-state index in [0.29, 0.717) is 13.2 Å². The minimum atomic E-state index is 0.258. The molecule has 2 aromatic heterocycles. The molecule has 0 amide bonds. The van der Waals surface area contributed by atoms with Crippen LogP contribution in [0.1, 0.15) is 23.5 Å². The van der Waals surface area contributed by atoms with Crippen LogP contribution in [0.25, 0.3) is 11.0 Å². The number of rotatable bonds is 8. The van der Waals surface area contributed by atoms with Crippen molar-refractivity contribution >= 4 is 22.8 Å². The number of nitrogens with two attached hydrogens (primary N) is 1. The van der Waals surface area contributed by atoms with Gasteiger partial charge in [0.2, 0.25) is 5.95 Å². The van der Waals surface area contributed by atoms with Crippen LogP contribution in [0.15, 0.2) is 54.6 Å². The maximum Gasteiger partial charge on any atom is 0.222 e. The van der Waals surface area contributed by atoms with Gasteiger partial charge in [0.05, 0.1) is 29.9 Å². The first-order chi connectivity index (χ1) is 14.6. The summed E-state index contributed by atoms with van der Waals surface area (Å²) in [5.41, 5.74) is 9.99. The number of aryl methyl sites for hydroxylation is 2. The smallest absolute Gasteiger partial charge is 0.222 e. The summed E-state index contributed by atoms with van der Waals surface area (Å²) in [5, 5.41) is 3.32. The van der Waals surface area contributed by atoms with Crippen LogP contribution in [0.4, 0.5) is 11.8 Å². The number of aromatic nitrogens is 4. The molecule has 0 unspecified atom stereocenters. The Balaban J connectivity index is 1.37. The highest BCUT2D eigenvalue weighted by atomic mass is 16.5. The second-order valence-corrected chi connectivity index (χ2v) is 7.23. The number of imidazole rings is 1. The van der Waals surface area contributed by atoms with Gasteiger partial charge in [-0.25, -0.2) is 9.97 Å². The molecular formula is C23H26N6O. The number of fused-ring (bicyclic) bond motifs is 1. The molecule has 7 heteroatoms. The van der Waals surface area contributed by atoms with Crippen molar-refractivity contribution in [3.8, 4) is 5.75 Å². The van der Waals surface area contributed by atoms with Crippen LogP contribution in [-0.2, 0) is 6.54 Å². The lowest BCUT2D eigenvalue weighted by Crippen LogP contribution is -2.12. The Hall–Kier alpha value is -3.61. The molecule has 0 fully saturated rings. The van der Waals surface area contributed by atoms with E-state index < -0.39 is 0 Å². The third-order valence-corrected chi connectivity index (χ3v) is 4.94. The number of hydrogen-bond acceptors (Lipinski definition) is 6. The van der Waals surface area contributed by atoms with Gasteiger partial charge in [-0.3, -0.25) is 0 Å². The van der Waals surface area contributed by atoms with E-state index in [9.17, 15) is 0 Å². The molecule has 0 saturated carbocycles. The van der Waals surface area contributed by atoms with Crippen molar-refractivity contribution < 1.29 is 4.74 Å². The van der Waals surface area contributed by atoms with Gasteiger partial charge in [0.1, 0.15) is 17.4 Å². The lowest BCUT2D eigenvalue weighted by atomic mass is 10.2. The molecule has 30 heavy (non-hydrogen) atoms. The molecule has 4 aromatic rings. The van der Waals surface area contributed by atoms with Gasteiger partial charge in [-0.1, -0.05) is 30.3 Å². The largest absolute Gasteiger partial charge is 0.493 e. The SMILES string of the molecule is Cc1ccccc1OCCCNc1cc(Cn2c(C)nc3ccccc32)nc(N)n1. The van der Waals surface area contributed by atoms with Crippen LogP contribution in [0.2, 0.25) is 0 Å². The van der Waals surface area contributed by atoms with E-state index in [1.54, 1.807) is 0 Å². The van der Waals surface area contributed by atoms with Crippen molar-refractivity contribution in [2.24, 2.45) is 0 Å². The summed E-state index contributed by atoms with van der Waals surface area (Å²) in [5.74, 6) is 2.84. The Morgan fingerprint density at radius 1 is 1.00 bits per heavy atom. The van der Waals surface area contributed by atoms with Crippen LogP contribution < -0.4 is 15.8 Å². The number of nitrogen functional groups attached to an aromatic ring is 1. The van der Waals surface area contributed by atoms with E-state index in [4.69, 9.17) is 10.5 Å². The fourth-order valence-electron chi connectivity index (χ4n) is 3.44. The number of benzene rings is 2. The number of nitrogens with zero attached hydrogens (tertiary/aromatic N) is 4. The number of ether oxygens (including phenoxy) is 1. The molecule has 0 radical (unpaired) electrons. The Morgan fingerprint density at radius 3 is 2.67 bits per heavy atom. The van der Waals surface area contributed by atoms with Crippen LogP contribution in [0.3, 0.4) is 0 Å². The van der Waals surface area contributed by atoms with Crippen molar-refractivity contribution in [1.82, 2.24) is 19.5 Å². The first kappa shape index (κ1) is 19.7. The van der Waals surface area contributed by atoms with Crippen LogP contribution in [0.5, 0.6) is 5.75 Å². The summed E-state index contributed by atoms with van der Waals surface area (Å²) < 4.78 is 7.97. The molecule has 0 spiro atoms. The zero-order valence-corrected chi connectivity index (χ0v) is 17.3. The summed E-state index contributed by atoms with van der Waals surface area (Å²) in [6.07, 6.45) is 0.846. The highest BCUT2D eigenvalue weighted by Gasteiger charge is 2.10. The first-order valence-electron chi connectivity index (χ1n) is 10.1. The summed E-state index contributed by atoms with van der Waals surface area (Å²) in [4.78, 5) is 13.3. The molecule has 0 bridgehead atoms. The monoisotopic (exact) mass is 402 g/mol. The number of para-hydroxylation sites is 3. The quantitative estimate of drug-likeness (QED) is 0.434. The second-order valence-electron chi connectivity index (χ2n) is 7.23. The van der Waals surface area contributed by atoms with Gasteiger partial charge in [0.15, 0.2) is 0 Å². The van der Waals surface area contributed by atoms with E-state index in [2.05, 4.69) is 30.9 Å². The summed E-state index contributed by atoms with van der Waals surface area (Å²) in [6, 6.07) is 18.0. The molecule has 0 saturated heterocycles. The fraction of sp³-hybridized carbons (Fsp3) is 0.261. The maximum absolute atomic E-state index is 5.95. The lowest BCUT2D eigenvalue weighted by Gasteiger charge is -2.11. The Bertz CT molecular complexity index is 1150. The van der Waals surface area contributed by atoms with Gasteiger partial charge in [-0.2, -0.15) is 4.98 Å². The number of anilines is 2. The van der Waals surface area contributed by atoms with Crippen molar-refractivity contribution in [2.75, 3.05) is 24.2 Å². The first-order valence-corrected chi connectivity index (χ1v) is 10.1. The molecule has 2 heterocycles. The average Bonchev–Trinajstić information content (AvgIpc) is 3.04. The predicted octanol–water partition coefficient (Wildman–Crippen LogP) is 3.95. The van der Waals surface area contributed by atoms with E-state index in [0.717, 1.165) is 52.6 Å². The molecule has 2 aromatic carbocycles. The second kappa shape index (κ2) is 8.82. The molecule has 0 aliphatic heterocycles. The van der Waals surface area contributed by atoms with Gasteiger partial charge < -0.3 is 20.4 Å². The van der Waals surface area contributed by atoms with Gasteiger partial charge in [0.25, 0.3) is 0 Å². The lowest BCUT2D eigenvalue weighted by molar-refractivity contribution is 0.313. The minimum Gasteiger partial charge on any atom is -0.493 e. The summed E-state index contributed by atoms with van der Waals surface area (Å²) in [6.45, 7) is 5.99. The highest BCUT2D eigenvalue weighted by Crippen LogP contribution is 2.19. The van der Waals surface area contributed by atoms with Crippen molar-refractivity contribution in [3.05, 3.63) is 71.7 Å². The Kier molecular flexibility index (Phi) is 5.79. The maximum atomic E-state index is 5.95. The van der Waals surface area contributed by atoms with Crippen molar-refractivity contribution in [2.45, 2.75) is 26.8 Å². The topological polar surface area (TPSA) is 90.9 Å². The van der Waals surface area contributed by atoms with Crippen LogP contribution in [0, 0.1) is 13.8 Å². The molecule has 7 nitrogen and oxygen atoms in total. The molecule has 0 aliphatic carbocycles. The van der Waals surface area contributed by atoms with E-state index in [-0.39, 0.29) is 5.95 Å². The predicted molar refractivity (Wildman–Crippen MR) is 120 cm³/mol. The Labute approximate surface area is 175 Å². The number of nitrogens with one attached hydrogen (secondary N) is 1. The molecule has 4 rings (SSSR count). The van der Waals surface area contributed by atoms with Gasteiger partial charge in [-0.05, 0) is 44.0 Å². The van der Waals surface area contributed by atoms with Gasteiger partial charge in [-0.15, -0.1) is 0 Å². The summed E-state index contributed by atoms with van der Waals surface area (Å²) in [7, 11) is 0. The molecule has 0 atom stereocenters. The van der Waals surface area contributed by atoms with E-state index >= 15 is 0 Å². The van der Waals surface area contributed by atoms with Crippen molar-refractivity contribution in [1.29, 1.82) is 0 Å². The third-order valence-electron chi connectivity index (χ3n) is 4.94. The zero-order valence-electron chi connectivity index (χ0n) is 17.3. The van der Waals surface area contributed by atoms with E-state index in [1.807, 2.05) is 62.4 Å². The summed E-state index contributed by atoms with van der Waals surface area (Å²) >= 11 is 0. The third kappa shape index (κ3) is 4.51. The molecular weight excluding hydrogens is 376 g/mol. The number of hydrogen-bond donors (Lipinski definition) is 2. The molecule has 0 aliphatic rings. The fourth-order valence-corrected chi connectivity index (χ4v) is 3.44. The standard InChI is InChI=1S/C23H26N6O/c1-16-8-3-6-11-21(16)30-13-7-12-25-22-14-18(27-23(24)28-22)15-29-17(2)26-19-9-4-5-10-20(19)29/h3-6,8-11,14H,7,12-13,15H2,1-2H3,(H3,24,25,27,28). The minimum absolute atomic E-state index is 0.258. The normalized spacial score (nSPS) is 11.0.